The number of carbonyl (C=O) groups excluding carboxylic acids is 2. The molecule has 0 aromatic heterocycles. The monoisotopic (exact) mass is 296 g/mol. The van der Waals surface area contributed by atoms with Crippen LogP contribution in [0, 0.1) is 0 Å². The fourth-order valence-electron chi connectivity index (χ4n) is 1.57. The molecule has 0 unspecified atom stereocenters. The van der Waals surface area contributed by atoms with Crippen LogP contribution >= 0.6 is 0 Å². The van der Waals surface area contributed by atoms with E-state index in [2.05, 4.69) is 0 Å². The van der Waals surface area contributed by atoms with Gasteiger partial charge >= 0.3 is 11.9 Å². The highest BCUT2D eigenvalue weighted by atomic mass is 16.6. The Morgan fingerprint density at radius 3 is 2.10 bits per heavy atom. The van der Waals surface area contributed by atoms with E-state index < -0.39 is 11.9 Å². The fraction of sp³-hybridized carbons (Fsp3) is 0.467. The van der Waals surface area contributed by atoms with E-state index in [-0.39, 0.29) is 18.6 Å². The third kappa shape index (κ3) is 5.33. The first kappa shape index (κ1) is 16.8. The molecule has 21 heavy (non-hydrogen) atoms. The summed E-state index contributed by atoms with van der Waals surface area (Å²) in [4.78, 5) is 23.1. The molecule has 0 N–H and O–H groups in total. The van der Waals surface area contributed by atoms with E-state index in [1.807, 2.05) is 6.92 Å². The van der Waals surface area contributed by atoms with Crippen molar-refractivity contribution in [2.45, 2.75) is 26.2 Å². The van der Waals surface area contributed by atoms with Crippen LogP contribution in [0.3, 0.4) is 0 Å². The molecular weight excluding hydrogens is 276 g/mol. The Kier molecular flexibility index (Phi) is 7.08. The zero-order valence-corrected chi connectivity index (χ0v) is 12.5. The Hall–Kier alpha value is -2.24. The summed E-state index contributed by atoms with van der Waals surface area (Å²) in [6, 6.07) is 5.03. The van der Waals surface area contributed by atoms with Crippen LogP contribution in [-0.4, -0.2) is 32.8 Å². The Morgan fingerprint density at radius 1 is 1.00 bits per heavy atom. The molecule has 0 atom stereocenters. The van der Waals surface area contributed by atoms with Crippen LogP contribution in [0.25, 0.3) is 0 Å². The Labute approximate surface area is 123 Å². The summed E-state index contributed by atoms with van der Waals surface area (Å²) in [5.74, 6) is 0.00832. The van der Waals surface area contributed by atoms with Crippen LogP contribution < -0.4 is 14.2 Å². The van der Waals surface area contributed by atoms with Crippen molar-refractivity contribution in [2.75, 3.05) is 20.8 Å². The van der Waals surface area contributed by atoms with E-state index in [9.17, 15) is 9.59 Å². The molecule has 116 valence electrons. The molecule has 0 fully saturated rings. The van der Waals surface area contributed by atoms with Crippen LogP contribution in [0.1, 0.15) is 26.2 Å². The van der Waals surface area contributed by atoms with Gasteiger partial charge in [0, 0.05) is 0 Å². The third-order valence-corrected chi connectivity index (χ3v) is 2.60. The van der Waals surface area contributed by atoms with Crippen LogP contribution in [-0.2, 0) is 14.3 Å². The van der Waals surface area contributed by atoms with Crippen molar-refractivity contribution < 1.29 is 28.5 Å². The van der Waals surface area contributed by atoms with Crippen molar-refractivity contribution in [3.63, 3.8) is 0 Å². The summed E-state index contributed by atoms with van der Waals surface area (Å²) in [5.41, 5.74) is 0. The second kappa shape index (κ2) is 8.84. The van der Waals surface area contributed by atoms with Crippen LogP contribution in [0.4, 0.5) is 0 Å². The second-order valence-corrected chi connectivity index (χ2v) is 4.19. The van der Waals surface area contributed by atoms with Gasteiger partial charge in [0.25, 0.3) is 0 Å². The van der Waals surface area contributed by atoms with Gasteiger partial charge in [0.15, 0.2) is 11.5 Å². The van der Waals surface area contributed by atoms with E-state index in [0.29, 0.717) is 18.1 Å². The molecule has 0 aliphatic rings. The molecule has 0 radical (unpaired) electrons. The predicted octanol–water partition coefficient (Wildman–Crippen LogP) is 2.34. The van der Waals surface area contributed by atoms with E-state index in [1.165, 1.54) is 14.2 Å². The molecular formula is C15H20O6. The minimum absolute atomic E-state index is 0.0176. The maximum absolute atomic E-state index is 11.8. The van der Waals surface area contributed by atoms with Crippen LogP contribution in [0.5, 0.6) is 17.2 Å². The SMILES string of the molecule is CCCOC(=O)CCC(=O)Oc1c(OC)cccc1OC. The number of rotatable bonds is 8. The average molecular weight is 296 g/mol. The molecule has 0 bridgehead atoms. The molecule has 0 aliphatic heterocycles. The minimum atomic E-state index is -0.550. The number of para-hydroxylation sites is 1. The Morgan fingerprint density at radius 2 is 1.57 bits per heavy atom. The second-order valence-electron chi connectivity index (χ2n) is 4.19. The smallest absolute Gasteiger partial charge is 0.312 e. The number of benzene rings is 1. The van der Waals surface area contributed by atoms with Gasteiger partial charge in [0.2, 0.25) is 5.75 Å². The summed E-state index contributed by atoms with van der Waals surface area (Å²) >= 11 is 0. The normalized spacial score (nSPS) is 9.86. The van der Waals surface area contributed by atoms with Crippen molar-refractivity contribution in [1.29, 1.82) is 0 Å². The first-order valence-corrected chi connectivity index (χ1v) is 6.69. The molecule has 0 spiro atoms. The Bertz CT molecular complexity index is 461. The molecule has 6 nitrogen and oxygen atoms in total. The van der Waals surface area contributed by atoms with Gasteiger partial charge in [-0.1, -0.05) is 13.0 Å². The van der Waals surface area contributed by atoms with Gasteiger partial charge in [0.05, 0.1) is 33.7 Å². The van der Waals surface area contributed by atoms with Gasteiger partial charge in [-0.2, -0.15) is 0 Å². The molecule has 0 saturated heterocycles. The predicted molar refractivity (Wildman–Crippen MR) is 75.7 cm³/mol. The number of esters is 2. The molecule has 0 amide bonds. The lowest BCUT2D eigenvalue weighted by Gasteiger charge is -2.12. The zero-order valence-electron chi connectivity index (χ0n) is 12.5. The lowest BCUT2D eigenvalue weighted by Crippen LogP contribution is -2.13. The zero-order chi connectivity index (χ0) is 15.7. The summed E-state index contributed by atoms with van der Waals surface area (Å²) in [7, 11) is 2.93. The summed E-state index contributed by atoms with van der Waals surface area (Å²) in [6.07, 6.45) is 0.661. The van der Waals surface area contributed by atoms with Gasteiger partial charge in [-0.3, -0.25) is 9.59 Å². The van der Waals surface area contributed by atoms with Crippen molar-refractivity contribution in [2.24, 2.45) is 0 Å². The highest BCUT2D eigenvalue weighted by Gasteiger charge is 2.16. The lowest BCUT2D eigenvalue weighted by molar-refractivity contribution is -0.147. The fourth-order valence-corrected chi connectivity index (χ4v) is 1.57. The molecule has 1 aromatic rings. The van der Waals surface area contributed by atoms with Crippen molar-refractivity contribution in [1.82, 2.24) is 0 Å². The maximum Gasteiger partial charge on any atom is 0.312 e. The topological polar surface area (TPSA) is 71.1 Å². The third-order valence-electron chi connectivity index (χ3n) is 2.60. The molecule has 0 saturated carbocycles. The highest BCUT2D eigenvalue weighted by molar-refractivity contribution is 5.80. The molecule has 6 heteroatoms. The Balaban J connectivity index is 2.60. The number of hydrogen-bond acceptors (Lipinski definition) is 6. The van der Waals surface area contributed by atoms with Crippen molar-refractivity contribution >= 4 is 11.9 Å². The molecule has 1 rings (SSSR count). The maximum atomic E-state index is 11.8. The molecule has 1 aromatic carbocycles. The van der Waals surface area contributed by atoms with Gasteiger partial charge in [-0.25, -0.2) is 0 Å². The number of methoxy groups -OCH3 is 2. The van der Waals surface area contributed by atoms with E-state index in [1.54, 1.807) is 18.2 Å². The summed E-state index contributed by atoms with van der Waals surface area (Å²) in [6.45, 7) is 2.25. The first-order chi connectivity index (χ1) is 10.1. The van der Waals surface area contributed by atoms with Gasteiger partial charge in [-0.05, 0) is 18.6 Å². The number of hydrogen-bond donors (Lipinski definition) is 0. The average Bonchev–Trinajstić information content (AvgIpc) is 2.51. The lowest BCUT2D eigenvalue weighted by atomic mass is 10.3. The number of ether oxygens (including phenoxy) is 4. The molecule has 0 heterocycles. The van der Waals surface area contributed by atoms with Crippen LogP contribution in [0.15, 0.2) is 18.2 Å². The molecule has 0 aliphatic carbocycles. The van der Waals surface area contributed by atoms with E-state index in [4.69, 9.17) is 18.9 Å². The quantitative estimate of drug-likeness (QED) is 0.541. The van der Waals surface area contributed by atoms with Crippen LogP contribution in [0.2, 0.25) is 0 Å². The van der Waals surface area contributed by atoms with Crippen molar-refractivity contribution in [3.05, 3.63) is 18.2 Å². The number of carbonyl (C=O) groups is 2. The van der Waals surface area contributed by atoms with E-state index in [0.717, 1.165) is 6.42 Å². The van der Waals surface area contributed by atoms with Gasteiger partial charge < -0.3 is 18.9 Å². The van der Waals surface area contributed by atoms with Gasteiger partial charge in [-0.15, -0.1) is 0 Å². The largest absolute Gasteiger partial charge is 0.493 e. The van der Waals surface area contributed by atoms with E-state index >= 15 is 0 Å². The first-order valence-electron chi connectivity index (χ1n) is 6.69. The minimum Gasteiger partial charge on any atom is -0.493 e. The summed E-state index contributed by atoms with van der Waals surface area (Å²) < 4.78 is 20.3. The summed E-state index contributed by atoms with van der Waals surface area (Å²) in [5, 5.41) is 0. The standard InChI is InChI=1S/C15H20O6/c1-4-10-20-13(16)8-9-14(17)21-15-11(18-2)6-5-7-12(15)19-3/h5-7H,4,8-10H2,1-3H3. The highest BCUT2D eigenvalue weighted by Crippen LogP contribution is 2.36. The van der Waals surface area contributed by atoms with Gasteiger partial charge in [0.1, 0.15) is 0 Å². The van der Waals surface area contributed by atoms with Crippen molar-refractivity contribution in [3.8, 4) is 17.2 Å².